The van der Waals surface area contributed by atoms with Crippen molar-refractivity contribution in [3.8, 4) is 0 Å². The first-order valence-corrected chi connectivity index (χ1v) is 5.92. The second-order valence-electron chi connectivity index (χ2n) is 4.13. The molecule has 0 N–H and O–H groups in total. The molecule has 0 aliphatic rings. The number of anilines is 1. The molecule has 0 aliphatic heterocycles. The van der Waals surface area contributed by atoms with Crippen LogP contribution in [0.5, 0.6) is 0 Å². The zero-order chi connectivity index (χ0) is 12.8. The summed E-state index contributed by atoms with van der Waals surface area (Å²) in [7, 11) is 1.90. The quantitative estimate of drug-likeness (QED) is 0.714. The first kappa shape index (κ1) is 13.5. The van der Waals surface area contributed by atoms with Crippen molar-refractivity contribution in [3.63, 3.8) is 0 Å². The highest BCUT2D eigenvalue weighted by molar-refractivity contribution is 5.87. The van der Waals surface area contributed by atoms with E-state index in [4.69, 9.17) is 9.15 Å². The monoisotopic (exact) mass is 240 g/mol. The SMILES string of the molecule is CCOC(=O)c1coc(N(C)CC(C)CC)n1. The van der Waals surface area contributed by atoms with E-state index < -0.39 is 5.97 Å². The molecule has 0 radical (unpaired) electrons. The second-order valence-corrected chi connectivity index (χ2v) is 4.13. The minimum Gasteiger partial charge on any atom is -0.461 e. The fraction of sp³-hybridized carbons (Fsp3) is 0.667. The molecule has 0 aliphatic carbocycles. The summed E-state index contributed by atoms with van der Waals surface area (Å²) in [6.07, 6.45) is 2.43. The number of esters is 1. The molecule has 0 bridgehead atoms. The molecule has 0 saturated carbocycles. The number of rotatable bonds is 6. The van der Waals surface area contributed by atoms with Crippen LogP contribution in [0.25, 0.3) is 0 Å². The molecule has 1 atom stereocenters. The van der Waals surface area contributed by atoms with Gasteiger partial charge < -0.3 is 14.1 Å². The van der Waals surface area contributed by atoms with Crippen LogP contribution >= 0.6 is 0 Å². The summed E-state index contributed by atoms with van der Waals surface area (Å²) in [5.74, 6) is 0.109. The van der Waals surface area contributed by atoms with E-state index in [9.17, 15) is 4.79 Å². The Morgan fingerprint density at radius 2 is 2.29 bits per heavy atom. The lowest BCUT2D eigenvalue weighted by Crippen LogP contribution is -2.24. The van der Waals surface area contributed by atoms with Crippen LogP contribution in [0.15, 0.2) is 10.7 Å². The smallest absolute Gasteiger partial charge is 0.360 e. The van der Waals surface area contributed by atoms with E-state index in [2.05, 4.69) is 18.8 Å². The molecule has 0 fully saturated rings. The normalized spacial score (nSPS) is 12.2. The molecular weight excluding hydrogens is 220 g/mol. The van der Waals surface area contributed by atoms with Crippen molar-refractivity contribution in [2.75, 3.05) is 25.1 Å². The van der Waals surface area contributed by atoms with E-state index in [1.807, 2.05) is 11.9 Å². The molecule has 5 nitrogen and oxygen atoms in total. The summed E-state index contributed by atoms with van der Waals surface area (Å²) in [4.78, 5) is 17.4. The van der Waals surface area contributed by atoms with Gasteiger partial charge in [0.05, 0.1) is 6.61 Å². The molecule has 0 saturated heterocycles. The van der Waals surface area contributed by atoms with Crippen LogP contribution in [0.1, 0.15) is 37.7 Å². The van der Waals surface area contributed by atoms with Crippen molar-refractivity contribution >= 4 is 12.0 Å². The van der Waals surface area contributed by atoms with Gasteiger partial charge in [-0.2, -0.15) is 4.98 Å². The van der Waals surface area contributed by atoms with Gasteiger partial charge in [-0.15, -0.1) is 0 Å². The number of aromatic nitrogens is 1. The topological polar surface area (TPSA) is 55.6 Å². The molecule has 1 aromatic heterocycles. The van der Waals surface area contributed by atoms with Crippen LogP contribution in [0.3, 0.4) is 0 Å². The molecule has 1 unspecified atom stereocenters. The van der Waals surface area contributed by atoms with Crippen LogP contribution in [0.4, 0.5) is 6.01 Å². The number of hydrogen-bond acceptors (Lipinski definition) is 5. The Labute approximate surface area is 102 Å². The van der Waals surface area contributed by atoms with Gasteiger partial charge in [-0.05, 0) is 12.8 Å². The molecule has 0 spiro atoms. The van der Waals surface area contributed by atoms with E-state index in [0.717, 1.165) is 13.0 Å². The van der Waals surface area contributed by atoms with Crippen molar-refractivity contribution in [1.29, 1.82) is 0 Å². The lowest BCUT2D eigenvalue weighted by Gasteiger charge is -2.18. The van der Waals surface area contributed by atoms with E-state index in [0.29, 0.717) is 18.5 Å². The molecule has 1 aromatic rings. The van der Waals surface area contributed by atoms with E-state index >= 15 is 0 Å². The van der Waals surface area contributed by atoms with Crippen molar-refractivity contribution in [2.24, 2.45) is 5.92 Å². The predicted octanol–water partition coefficient (Wildman–Crippen LogP) is 2.33. The molecule has 5 heteroatoms. The Hall–Kier alpha value is -1.52. The van der Waals surface area contributed by atoms with Gasteiger partial charge in [0, 0.05) is 13.6 Å². The number of nitrogens with zero attached hydrogens (tertiary/aromatic N) is 2. The van der Waals surface area contributed by atoms with Gasteiger partial charge in [-0.3, -0.25) is 0 Å². The summed E-state index contributed by atoms with van der Waals surface area (Å²) in [6.45, 7) is 7.24. The van der Waals surface area contributed by atoms with Gasteiger partial charge in [0.1, 0.15) is 6.26 Å². The lowest BCUT2D eigenvalue weighted by atomic mass is 10.1. The fourth-order valence-corrected chi connectivity index (χ4v) is 1.41. The molecular formula is C12H20N2O3. The highest BCUT2D eigenvalue weighted by Gasteiger charge is 2.16. The Kier molecular flexibility index (Phi) is 5.00. The number of oxazole rings is 1. The fourth-order valence-electron chi connectivity index (χ4n) is 1.41. The Morgan fingerprint density at radius 3 is 2.88 bits per heavy atom. The summed E-state index contributed by atoms with van der Waals surface area (Å²) in [6, 6.07) is 0.452. The highest BCUT2D eigenvalue weighted by Crippen LogP contribution is 2.15. The van der Waals surface area contributed by atoms with Gasteiger partial charge in [0.25, 0.3) is 6.01 Å². The third-order valence-corrected chi connectivity index (χ3v) is 2.59. The average molecular weight is 240 g/mol. The third kappa shape index (κ3) is 3.76. The number of carbonyl (C=O) groups excluding carboxylic acids is 1. The number of hydrogen-bond donors (Lipinski definition) is 0. The molecule has 17 heavy (non-hydrogen) atoms. The number of carbonyl (C=O) groups is 1. The minimum absolute atomic E-state index is 0.220. The van der Waals surface area contributed by atoms with Gasteiger partial charge in [-0.25, -0.2) is 4.79 Å². The zero-order valence-electron chi connectivity index (χ0n) is 10.9. The Morgan fingerprint density at radius 1 is 1.59 bits per heavy atom. The highest BCUT2D eigenvalue weighted by atomic mass is 16.5. The number of ether oxygens (including phenoxy) is 1. The van der Waals surface area contributed by atoms with Gasteiger partial charge >= 0.3 is 5.97 Å². The van der Waals surface area contributed by atoms with Gasteiger partial charge in [0.2, 0.25) is 0 Å². The molecule has 0 amide bonds. The molecule has 1 heterocycles. The Bertz CT molecular complexity index is 362. The van der Waals surface area contributed by atoms with Crippen LogP contribution in [-0.4, -0.2) is 31.2 Å². The summed E-state index contributed by atoms with van der Waals surface area (Å²) >= 11 is 0. The van der Waals surface area contributed by atoms with Crippen LogP contribution in [-0.2, 0) is 4.74 Å². The van der Waals surface area contributed by atoms with Crippen LogP contribution in [0, 0.1) is 5.92 Å². The minimum atomic E-state index is -0.445. The van der Waals surface area contributed by atoms with Crippen molar-refractivity contribution in [2.45, 2.75) is 27.2 Å². The molecule has 0 aromatic carbocycles. The van der Waals surface area contributed by atoms with E-state index in [1.54, 1.807) is 6.92 Å². The largest absolute Gasteiger partial charge is 0.461 e. The average Bonchev–Trinajstić information content (AvgIpc) is 2.78. The third-order valence-electron chi connectivity index (χ3n) is 2.59. The van der Waals surface area contributed by atoms with Crippen molar-refractivity contribution in [1.82, 2.24) is 4.98 Å². The first-order chi connectivity index (χ1) is 8.08. The van der Waals surface area contributed by atoms with Crippen LogP contribution < -0.4 is 4.90 Å². The van der Waals surface area contributed by atoms with Gasteiger partial charge in [-0.1, -0.05) is 20.3 Å². The lowest BCUT2D eigenvalue weighted by molar-refractivity contribution is 0.0519. The standard InChI is InChI=1S/C12H20N2O3/c1-5-9(3)7-14(4)12-13-10(8-17-12)11(15)16-6-2/h8-9H,5-7H2,1-4H3. The van der Waals surface area contributed by atoms with Gasteiger partial charge in [0.15, 0.2) is 5.69 Å². The maximum Gasteiger partial charge on any atom is 0.360 e. The second kappa shape index (κ2) is 6.27. The maximum absolute atomic E-state index is 11.4. The maximum atomic E-state index is 11.4. The Balaban J connectivity index is 2.64. The van der Waals surface area contributed by atoms with Crippen molar-refractivity contribution in [3.05, 3.63) is 12.0 Å². The van der Waals surface area contributed by atoms with Crippen LogP contribution in [0.2, 0.25) is 0 Å². The van der Waals surface area contributed by atoms with E-state index in [1.165, 1.54) is 6.26 Å². The van der Waals surface area contributed by atoms with Crippen molar-refractivity contribution < 1.29 is 13.9 Å². The molecule has 96 valence electrons. The zero-order valence-corrected chi connectivity index (χ0v) is 10.9. The first-order valence-electron chi connectivity index (χ1n) is 5.92. The summed E-state index contributed by atoms with van der Waals surface area (Å²) in [5.41, 5.74) is 0.220. The molecule has 1 rings (SSSR count). The van der Waals surface area contributed by atoms with E-state index in [-0.39, 0.29) is 5.69 Å². The predicted molar refractivity (Wildman–Crippen MR) is 65.2 cm³/mol. The summed E-state index contributed by atoms with van der Waals surface area (Å²) in [5, 5.41) is 0. The summed E-state index contributed by atoms with van der Waals surface area (Å²) < 4.78 is 10.1.